The Bertz CT molecular complexity index is 517. The average Bonchev–Trinajstić information content (AvgIpc) is 2.85. The van der Waals surface area contributed by atoms with E-state index < -0.39 is 0 Å². The quantitative estimate of drug-likeness (QED) is 0.796. The SMILES string of the molecule is CCCCCCc1c(CC)nc2ncnn2c1N. The molecule has 0 radical (unpaired) electrons. The molecule has 0 aromatic carbocycles. The van der Waals surface area contributed by atoms with Crippen LogP contribution in [0, 0.1) is 0 Å². The fraction of sp³-hybridized carbons (Fsp3) is 0.615. The molecule has 0 unspecified atom stereocenters. The largest absolute Gasteiger partial charge is 0.383 e. The van der Waals surface area contributed by atoms with Gasteiger partial charge in [0.05, 0.1) is 5.69 Å². The van der Waals surface area contributed by atoms with E-state index in [2.05, 4.69) is 28.9 Å². The molecule has 0 aliphatic heterocycles. The molecule has 0 bridgehead atoms. The summed E-state index contributed by atoms with van der Waals surface area (Å²) in [5.74, 6) is 1.30. The summed E-state index contributed by atoms with van der Waals surface area (Å²) in [6.45, 7) is 4.32. The van der Waals surface area contributed by atoms with Crippen molar-refractivity contribution < 1.29 is 0 Å². The lowest BCUT2D eigenvalue weighted by Gasteiger charge is -2.11. The molecule has 0 amide bonds. The fourth-order valence-electron chi connectivity index (χ4n) is 2.24. The van der Waals surface area contributed by atoms with Crippen molar-refractivity contribution in [2.75, 3.05) is 5.73 Å². The number of unbranched alkanes of at least 4 members (excludes halogenated alkanes) is 3. The highest BCUT2D eigenvalue weighted by molar-refractivity contribution is 5.49. The van der Waals surface area contributed by atoms with Gasteiger partial charge in [-0.2, -0.15) is 14.6 Å². The van der Waals surface area contributed by atoms with E-state index in [-0.39, 0.29) is 0 Å². The van der Waals surface area contributed by atoms with Crippen molar-refractivity contribution in [3.63, 3.8) is 0 Å². The molecule has 0 spiro atoms. The van der Waals surface area contributed by atoms with Gasteiger partial charge in [-0.05, 0) is 19.3 Å². The van der Waals surface area contributed by atoms with Gasteiger partial charge in [-0.3, -0.25) is 0 Å². The summed E-state index contributed by atoms with van der Waals surface area (Å²) in [6, 6.07) is 0. The molecule has 0 saturated heterocycles. The number of nitrogen functional groups attached to an aromatic ring is 1. The highest BCUT2D eigenvalue weighted by Gasteiger charge is 2.12. The van der Waals surface area contributed by atoms with Crippen molar-refractivity contribution in [2.45, 2.75) is 52.4 Å². The zero-order chi connectivity index (χ0) is 13.0. The summed E-state index contributed by atoms with van der Waals surface area (Å²) in [5.41, 5.74) is 8.38. The molecule has 0 atom stereocenters. The molecule has 2 aromatic heterocycles. The Labute approximate surface area is 107 Å². The maximum atomic E-state index is 6.18. The number of hydrogen-bond acceptors (Lipinski definition) is 4. The maximum Gasteiger partial charge on any atom is 0.254 e. The van der Waals surface area contributed by atoms with Crippen LogP contribution < -0.4 is 5.73 Å². The molecular formula is C13H21N5. The summed E-state index contributed by atoms with van der Waals surface area (Å²) < 4.78 is 1.63. The highest BCUT2D eigenvalue weighted by Crippen LogP contribution is 2.20. The first kappa shape index (κ1) is 12.8. The summed E-state index contributed by atoms with van der Waals surface area (Å²) in [4.78, 5) is 8.62. The Morgan fingerprint density at radius 3 is 2.78 bits per heavy atom. The van der Waals surface area contributed by atoms with E-state index >= 15 is 0 Å². The van der Waals surface area contributed by atoms with Crippen LogP contribution in [0.4, 0.5) is 5.82 Å². The van der Waals surface area contributed by atoms with Gasteiger partial charge >= 0.3 is 0 Å². The minimum Gasteiger partial charge on any atom is -0.383 e. The highest BCUT2D eigenvalue weighted by atomic mass is 15.3. The Hall–Kier alpha value is -1.65. The average molecular weight is 247 g/mol. The monoisotopic (exact) mass is 247 g/mol. The van der Waals surface area contributed by atoms with Crippen molar-refractivity contribution >= 4 is 11.6 Å². The van der Waals surface area contributed by atoms with Crippen molar-refractivity contribution in [3.05, 3.63) is 17.6 Å². The Morgan fingerprint density at radius 1 is 1.22 bits per heavy atom. The first-order valence-corrected chi connectivity index (χ1v) is 6.74. The molecule has 18 heavy (non-hydrogen) atoms. The summed E-state index contributed by atoms with van der Waals surface area (Å²) in [7, 11) is 0. The molecule has 0 fully saturated rings. The molecule has 0 saturated carbocycles. The molecule has 2 heterocycles. The molecule has 0 aliphatic rings. The van der Waals surface area contributed by atoms with E-state index in [0.29, 0.717) is 11.6 Å². The number of nitrogens with two attached hydrogens (primary N) is 1. The second-order valence-electron chi connectivity index (χ2n) is 4.56. The summed E-state index contributed by atoms with van der Waals surface area (Å²) in [5, 5.41) is 4.12. The van der Waals surface area contributed by atoms with E-state index in [9.17, 15) is 0 Å². The number of nitrogens with zero attached hydrogens (tertiary/aromatic N) is 4. The summed E-state index contributed by atoms with van der Waals surface area (Å²) >= 11 is 0. The standard InChI is InChI=1S/C13H21N5/c1-3-5-6-7-8-10-11(4-2)17-13-15-9-16-18(13)12(10)14/h9H,3-8,14H2,1-2H3. The van der Waals surface area contributed by atoms with Gasteiger partial charge in [0.15, 0.2) is 0 Å². The number of aromatic nitrogens is 4. The van der Waals surface area contributed by atoms with Gasteiger partial charge in [0, 0.05) is 5.56 Å². The zero-order valence-electron chi connectivity index (χ0n) is 11.2. The second-order valence-corrected chi connectivity index (χ2v) is 4.56. The molecular weight excluding hydrogens is 226 g/mol. The van der Waals surface area contributed by atoms with Gasteiger partial charge in [-0.1, -0.05) is 33.1 Å². The van der Waals surface area contributed by atoms with Gasteiger partial charge in [0.25, 0.3) is 5.78 Å². The predicted molar refractivity (Wildman–Crippen MR) is 72.4 cm³/mol. The van der Waals surface area contributed by atoms with E-state index in [1.165, 1.54) is 25.6 Å². The minimum atomic E-state index is 0.599. The fourth-order valence-corrected chi connectivity index (χ4v) is 2.24. The lowest BCUT2D eigenvalue weighted by Crippen LogP contribution is -2.10. The van der Waals surface area contributed by atoms with Crippen LogP contribution in [0.25, 0.3) is 5.78 Å². The van der Waals surface area contributed by atoms with Crippen molar-refractivity contribution in [1.82, 2.24) is 19.6 Å². The molecule has 0 aliphatic carbocycles. The van der Waals surface area contributed by atoms with Gasteiger partial charge in [-0.15, -0.1) is 0 Å². The topological polar surface area (TPSA) is 69.1 Å². The van der Waals surface area contributed by atoms with Crippen LogP contribution in [-0.4, -0.2) is 19.6 Å². The van der Waals surface area contributed by atoms with Gasteiger partial charge in [0.1, 0.15) is 12.1 Å². The minimum absolute atomic E-state index is 0.599. The number of rotatable bonds is 6. The van der Waals surface area contributed by atoms with E-state index in [4.69, 9.17) is 5.73 Å². The number of anilines is 1. The molecule has 2 aromatic rings. The van der Waals surface area contributed by atoms with Gasteiger partial charge in [-0.25, -0.2) is 4.98 Å². The van der Waals surface area contributed by atoms with Crippen LogP contribution in [-0.2, 0) is 12.8 Å². The lowest BCUT2D eigenvalue weighted by molar-refractivity contribution is 0.661. The molecule has 5 heteroatoms. The van der Waals surface area contributed by atoms with Crippen LogP contribution in [0.3, 0.4) is 0 Å². The van der Waals surface area contributed by atoms with Crippen LogP contribution in [0.15, 0.2) is 6.33 Å². The predicted octanol–water partition coefficient (Wildman–Crippen LogP) is 2.39. The van der Waals surface area contributed by atoms with Crippen LogP contribution in [0.2, 0.25) is 0 Å². The second kappa shape index (κ2) is 5.80. The van der Waals surface area contributed by atoms with Gasteiger partial charge in [0.2, 0.25) is 0 Å². The van der Waals surface area contributed by atoms with E-state index in [1.807, 2.05) is 0 Å². The van der Waals surface area contributed by atoms with Crippen molar-refractivity contribution in [3.8, 4) is 0 Å². The third-order valence-corrected chi connectivity index (χ3v) is 3.27. The third kappa shape index (κ3) is 2.44. The normalized spacial score (nSPS) is 11.2. The summed E-state index contributed by atoms with van der Waals surface area (Å²) in [6.07, 6.45) is 8.30. The Morgan fingerprint density at radius 2 is 2.06 bits per heavy atom. The third-order valence-electron chi connectivity index (χ3n) is 3.27. The smallest absolute Gasteiger partial charge is 0.254 e. The van der Waals surface area contributed by atoms with E-state index in [0.717, 1.165) is 30.5 Å². The van der Waals surface area contributed by atoms with Crippen LogP contribution in [0.5, 0.6) is 0 Å². The molecule has 2 rings (SSSR count). The van der Waals surface area contributed by atoms with Crippen molar-refractivity contribution in [2.24, 2.45) is 0 Å². The number of fused-ring (bicyclic) bond motifs is 1. The van der Waals surface area contributed by atoms with Crippen molar-refractivity contribution in [1.29, 1.82) is 0 Å². The van der Waals surface area contributed by atoms with Gasteiger partial charge < -0.3 is 5.73 Å². The maximum absolute atomic E-state index is 6.18. The molecule has 5 nitrogen and oxygen atoms in total. The zero-order valence-corrected chi connectivity index (χ0v) is 11.2. The first-order valence-electron chi connectivity index (χ1n) is 6.74. The molecule has 98 valence electrons. The Balaban J connectivity index is 2.26. The van der Waals surface area contributed by atoms with Crippen LogP contribution in [0.1, 0.15) is 50.8 Å². The number of aryl methyl sites for hydroxylation is 1. The van der Waals surface area contributed by atoms with Crippen LogP contribution >= 0.6 is 0 Å². The number of hydrogen-bond donors (Lipinski definition) is 1. The first-order chi connectivity index (χ1) is 8.77. The lowest BCUT2D eigenvalue weighted by atomic mass is 10.0. The van der Waals surface area contributed by atoms with E-state index in [1.54, 1.807) is 4.52 Å². The Kier molecular flexibility index (Phi) is 4.12. The molecule has 2 N–H and O–H groups in total.